The lowest BCUT2D eigenvalue weighted by Crippen LogP contribution is -2.41. The molecule has 0 radical (unpaired) electrons. The van der Waals surface area contributed by atoms with Crippen LogP contribution in [-0.4, -0.2) is 44.2 Å². The number of aliphatic hydroxyl groups excluding tert-OH is 1. The molecular weight excluding hydrogens is 226 g/mol. The minimum atomic E-state index is -2.92. The summed E-state index contributed by atoms with van der Waals surface area (Å²) in [7, 11) is -2.92. The Kier molecular flexibility index (Phi) is 6.51. The minimum Gasteiger partial charge on any atom is -0.396 e. The Hall–Kier alpha value is -0.130. The molecule has 0 aliphatic heterocycles. The fourth-order valence-electron chi connectivity index (χ4n) is 1.27. The summed E-state index contributed by atoms with van der Waals surface area (Å²) in [4.78, 5) is 0. The van der Waals surface area contributed by atoms with Crippen molar-refractivity contribution >= 4 is 9.84 Å². The maximum Gasteiger partial charge on any atom is 0.151 e. The molecule has 4 nitrogen and oxygen atoms in total. The van der Waals surface area contributed by atoms with Gasteiger partial charge >= 0.3 is 0 Å². The Balaban J connectivity index is 4.13. The summed E-state index contributed by atoms with van der Waals surface area (Å²) in [5.74, 6) is 0.346. The molecule has 0 aliphatic rings. The van der Waals surface area contributed by atoms with Crippen molar-refractivity contribution in [2.45, 2.75) is 40.2 Å². The van der Waals surface area contributed by atoms with E-state index in [0.29, 0.717) is 6.54 Å². The molecule has 0 fully saturated rings. The van der Waals surface area contributed by atoms with Crippen LogP contribution in [0.4, 0.5) is 0 Å². The molecule has 0 aromatic heterocycles. The first kappa shape index (κ1) is 15.9. The highest BCUT2D eigenvalue weighted by molar-refractivity contribution is 7.91. The zero-order valence-electron chi connectivity index (χ0n) is 10.8. The fraction of sp³-hybridized carbons (Fsp3) is 1.00. The third kappa shape index (κ3) is 5.82. The van der Waals surface area contributed by atoms with Gasteiger partial charge in [-0.1, -0.05) is 20.8 Å². The molecule has 16 heavy (non-hydrogen) atoms. The van der Waals surface area contributed by atoms with Crippen molar-refractivity contribution in [3.05, 3.63) is 0 Å². The summed E-state index contributed by atoms with van der Waals surface area (Å²) in [5, 5.41) is 12.4. The van der Waals surface area contributed by atoms with E-state index in [1.54, 1.807) is 6.92 Å². The van der Waals surface area contributed by atoms with E-state index in [1.165, 1.54) is 0 Å². The molecule has 0 saturated carbocycles. The van der Waals surface area contributed by atoms with Gasteiger partial charge in [0.15, 0.2) is 9.84 Å². The van der Waals surface area contributed by atoms with Crippen molar-refractivity contribution in [2.75, 3.05) is 24.7 Å². The first-order valence-electron chi connectivity index (χ1n) is 5.83. The molecule has 0 aliphatic carbocycles. The van der Waals surface area contributed by atoms with Crippen molar-refractivity contribution in [2.24, 2.45) is 5.41 Å². The van der Waals surface area contributed by atoms with Crippen LogP contribution in [0, 0.1) is 5.41 Å². The molecule has 0 bridgehead atoms. The van der Waals surface area contributed by atoms with Crippen molar-refractivity contribution in [1.82, 2.24) is 5.32 Å². The van der Waals surface area contributed by atoms with E-state index in [0.717, 1.165) is 6.42 Å². The standard InChI is InChI=1S/C11H25NO3S/c1-5-11(4,9-13)8-12-10(3)7-16(14,15)6-2/h10,12-13H,5-9H2,1-4H3. The number of hydrogen-bond acceptors (Lipinski definition) is 4. The Labute approximate surface area is 99.4 Å². The Morgan fingerprint density at radius 2 is 1.94 bits per heavy atom. The van der Waals surface area contributed by atoms with Gasteiger partial charge in [0.1, 0.15) is 0 Å². The number of sulfone groups is 1. The SMILES string of the molecule is CCC(C)(CO)CNC(C)CS(=O)(=O)CC. The fourth-order valence-corrected chi connectivity index (χ4v) is 2.39. The first-order chi connectivity index (χ1) is 7.28. The molecule has 0 aromatic rings. The molecule has 0 heterocycles. The summed E-state index contributed by atoms with van der Waals surface area (Å²) in [6.45, 7) is 8.28. The topological polar surface area (TPSA) is 66.4 Å². The van der Waals surface area contributed by atoms with Gasteiger partial charge in [0.25, 0.3) is 0 Å². The van der Waals surface area contributed by atoms with Gasteiger partial charge in [-0.2, -0.15) is 0 Å². The van der Waals surface area contributed by atoms with Crippen LogP contribution in [0.3, 0.4) is 0 Å². The van der Waals surface area contributed by atoms with Crippen LogP contribution >= 0.6 is 0 Å². The Morgan fingerprint density at radius 3 is 2.31 bits per heavy atom. The van der Waals surface area contributed by atoms with Gasteiger partial charge in [-0.25, -0.2) is 8.42 Å². The molecule has 0 rings (SSSR count). The zero-order chi connectivity index (χ0) is 12.8. The van der Waals surface area contributed by atoms with E-state index >= 15 is 0 Å². The maximum absolute atomic E-state index is 11.4. The summed E-state index contributed by atoms with van der Waals surface area (Å²) < 4.78 is 22.8. The number of nitrogens with one attached hydrogen (secondary N) is 1. The molecule has 2 N–H and O–H groups in total. The largest absolute Gasteiger partial charge is 0.396 e. The van der Waals surface area contributed by atoms with Gasteiger partial charge < -0.3 is 10.4 Å². The number of rotatable bonds is 8. The summed E-state index contributed by atoms with van der Waals surface area (Å²) in [5.41, 5.74) is -0.162. The lowest BCUT2D eigenvalue weighted by molar-refractivity contribution is 0.133. The normalized spacial score (nSPS) is 18.1. The Bertz CT molecular complexity index is 284. The predicted molar refractivity (Wildman–Crippen MR) is 67.3 cm³/mol. The van der Waals surface area contributed by atoms with E-state index < -0.39 is 9.84 Å². The first-order valence-corrected chi connectivity index (χ1v) is 7.65. The minimum absolute atomic E-state index is 0.0672. The number of aliphatic hydroxyl groups is 1. The van der Waals surface area contributed by atoms with E-state index in [2.05, 4.69) is 5.32 Å². The second-order valence-corrected chi connectivity index (χ2v) is 7.20. The highest BCUT2D eigenvalue weighted by Crippen LogP contribution is 2.18. The van der Waals surface area contributed by atoms with Gasteiger partial charge in [0.2, 0.25) is 0 Å². The van der Waals surface area contributed by atoms with Crippen LogP contribution in [0.25, 0.3) is 0 Å². The monoisotopic (exact) mass is 251 g/mol. The average molecular weight is 251 g/mol. The molecule has 98 valence electrons. The van der Waals surface area contributed by atoms with Crippen LogP contribution in [0.15, 0.2) is 0 Å². The molecule has 2 unspecified atom stereocenters. The van der Waals surface area contributed by atoms with Gasteiger partial charge in [-0.15, -0.1) is 0 Å². The molecule has 0 aromatic carbocycles. The molecular formula is C11H25NO3S. The lowest BCUT2D eigenvalue weighted by atomic mass is 9.88. The van der Waals surface area contributed by atoms with E-state index in [4.69, 9.17) is 0 Å². The molecule has 2 atom stereocenters. The smallest absolute Gasteiger partial charge is 0.151 e. The maximum atomic E-state index is 11.4. The molecule has 0 saturated heterocycles. The van der Waals surface area contributed by atoms with E-state index in [-0.39, 0.29) is 29.6 Å². The molecule has 0 spiro atoms. The van der Waals surface area contributed by atoms with Crippen LogP contribution in [0.5, 0.6) is 0 Å². The van der Waals surface area contributed by atoms with Gasteiger partial charge in [0, 0.05) is 30.4 Å². The predicted octanol–water partition coefficient (Wildman–Crippen LogP) is 0.808. The second kappa shape index (κ2) is 6.57. The zero-order valence-corrected chi connectivity index (χ0v) is 11.6. The average Bonchev–Trinajstić information content (AvgIpc) is 2.25. The van der Waals surface area contributed by atoms with E-state index in [1.807, 2.05) is 20.8 Å². The van der Waals surface area contributed by atoms with Crippen LogP contribution in [0.2, 0.25) is 0 Å². The van der Waals surface area contributed by atoms with Gasteiger partial charge in [-0.3, -0.25) is 0 Å². The third-order valence-corrected chi connectivity index (χ3v) is 4.94. The lowest BCUT2D eigenvalue weighted by Gasteiger charge is -2.28. The molecule has 0 amide bonds. The third-order valence-electron chi connectivity index (χ3n) is 3.06. The molecule has 5 heteroatoms. The quantitative estimate of drug-likeness (QED) is 0.670. The van der Waals surface area contributed by atoms with Crippen LogP contribution < -0.4 is 5.32 Å². The van der Waals surface area contributed by atoms with Crippen molar-refractivity contribution in [1.29, 1.82) is 0 Å². The van der Waals surface area contributed by atoms with Gasteiger partial charge in [0.05, 0.1) is 5.75 Å². The summed E-state index contributed by atoms with van der Waals surface area (Å²) in [6, 6.07) is -0.0672. The number of hydrogen-bond donors (Lipinski definition) is 2. The summed E-state index contributed by atoms with van der Waals surface area (Å²) >= 11 is 0. The highest BCUT2D eigenvalue weighted by Gasteiger charge is 2.22. The van der Waals surface area contributed by atoms with E-state index in [9.17, 15) is 13.5 Å². The van der Waals surface area contributed by atoms with Crippen molar-refractivity contribution in [3.63, 3.8) is 0 Å². The van der Waals surface area contributed by atoms with Crippen molar-refractivity contribution in [3.8, 4) is 0 Å². The Morgan fingerprint density at radius 1 is 1.38 bits per heavy atom. The summed E-state index contributed by atoms with van der Waals surface area (Å²) in [6.07, 6.45) is 0.865. The van der Waals surface area contributed by atoms with Crippen LogP contribution in [0.1, 0.15) is 34.1 Å². The highest BCUT2D eigenvalue weighted by atomic mass is 32.2. The second-order valence-electron chi connectivity index (χ2n) is 4.80. The van der Waals surface area contributed by atoms with Crippen molar-refractivity contribution < 1.29 is 13.5 Å². The van der Waals surface area contributed by atoms with Crippen LogP contribution in [-0.2, 0) is 9.84 Å². The van der Waals surface area contributed by atoms with Gasteiger partial charge in [-0.05, 0) is 13.3 Å².